The number of thiophene rings is 1. The molecule has 0 radical (unpaired) electrons. The summed E-state index contributed by atoms with van der Waals surface area (Å²) in [6.45, 7) is 10.6. The molecule has 0 fully saturated rings. The number of allylic oxidation sites excluding steroid dienone is 4. The first-order valence-corrected chi connectivity index (χ1v) is 11.7. The minimum absolute atomic E-state index is 0.335. The highest BCUT2D eigenvalue weighted by Gasteiger charge is 2.10. The maximum Gasteiger partial charge on any atom is 0.109 e. The van der Waals surface area contributed by atoms with E-state index in [-0.39, 0.29) is 0 Å². The van der Waals surface area contributed by atoms with Gasteiger partial charge in [-0.3, -0.25) is 0 Å². The van der Waals surface area contributed by atoms with Crippen molar-refractivity contribution in [2.45, 2.75) is 46.5 Å². The maximum atomic E-state index is 5.77. The number of H-pyrrole nitrogens is 2. The van der Waals surface area contributed by atoms with Crippen LogP contribution in [0, 0.1) is 12.3 Å². The van der Waals surface area contributed by atoms with Crippen LogP contribution < -0.4 is 0 Å². The van der Waals surface area contributed by atoms with Gasteiger partial charge in [0.25, 0.3) is 0 Å². The lowest BCUT2D eigenvalue weighted by atomic mass is 10.1. The molecule has 1 aromatic carbocycles. The van der Waals surface area contributed by atoms with E-state index in [1.807, 2.05) is 18.5 Å². The van der Waals surface area contributed by atoms with Crippen molar-refractivity contribution in [3.05, 3.63) is 71.0 Å². The Morgan fingerprint density at radius 2 is 1.72 bits per heavy atom. The summed E-state index contributed by atoms with van der Waals surface area (Å²) in [4.78, 5) is 16.9. The summed E-state index contributed by atoms with van der Waals surface area (Å²) in [5.41, 5.74) is 5.06. The fourth-order valence-corrected chi connectivity index (χ4v) is 4.53. The zero-order valence-electron chi connectivity index (χ0n) is 19.2. The SMILES string of the molecule is C#C/C(=C\C=C(/C)c1cc2ccc(-c3cnc(C(C)C)[nH]3)cc2s1)c1cnc(C(C)C)[nH]1. The van der Waals surface area contributed by atoms with Gasteiger partial charge in [-0.2, -0.15) is 0 Å². The molecule has 0 spiro atoms. The number of nitrogens with one attached hydrogen (secondary N) is 2. The number of hydrogen-bond acceptors (Lipinski definition) is 3. The zero-order chi connectivity index (χ0) is 22.8. The Morgan fingerprint density at radius 3 is 2.38 bits per heavy atom. The number of fused-ring (bicyclic) bond motifs is 1. The zero-order valence-corrected chi connectivity index (χ0v) is 20.0. The number of rotatable bonds is 6. The molecule has 3 aromatic heterocycles. The predicted octanol–water partition coefficient (Wildman–Crippen LogP) is 7.38. The van der Waals surface area contributed by atoms with E-state index in [4.69, 9.17) is 6.42 Å². The van der Waals surface area contributed by atoms with Crippen LogP contribution in [0.15, 0.2) is 48.8 Å². The molecule has 162 valence electrons. The smallest absolute Gasteiger partial charge is 0.109 e. The van der Waals surface area contributed by atoms with Gasteiger partial charge in [-0.05, 0) is 36.1 Å². The number of hydrogen-bond donors (Lipinski definition) is 2. The van der Waals surface area contributed by atoms with Gasteiger partial charge in [-0.25, -0.2) is 9.97 Å². The molecule has 0 unspecified atom stereocenters. The van der Waals surface area contributed by atoms with Crippen molar-refractivity contribution in [2.75, 3.05) is 0 Å². The van der Waals surface area contributed by atoms with Gasteiger partial charge in [0, 0.05) is 32.5 Å². The molecule has 4 aromatic rings. The Labute approximate surface area is 193 Å². The molecular formula is C27H28N4S. The number of aromatic nitrogens is 4. The molecule has 4 nitrogen and oxygen atoms in total. The monoisotopic (exact) mass is 440 g/mol. The van der Waals surface area contributed by atoms with E-state index in [0.29, 0.717) is 11.8 Å². The summed E-state index contributed by atoms with van der Waals surface area (Å²) >= 11 is 1.79. The molecule has 0 atom stereocenters. The molecule has 0 aliphatic carbocycles. The van der Waals surface area contributed by atoms with Crippen LogP contribution in [0.5, 0.6) is 0 Å². The maximum absolute atomic E-state index is 5.77. The normalized spacial score (nSPS) is 12.8. The highest BCUT2D eigenvalue weighted by atomic mass is 32.1. The van der Waals surface area contributed by atoms with Crippen LogP contribution in [0.3, 0.4) is 0 Å². The molecule has 3 heterocycles. The standard InChI is InChI=1S/C27H28N4S/c1-7-19(22-14-28-26(30-22)16(2)3)9-8-18(6)24-13-21-11-10-20(12-25(21)32-24)23-15-29-27(31-23)17(4)5/h1,8-17H,2-6H3,(H,28,30)(H,29,31)/b18-8+,19-9+. The Bertz CT molecular complexity index is 1350. The first-order valence-electron chi connectivity index (χ1n) is 10.9. The van der Waals surface area contributed by atoms with Crippen LogP contribution in [0.25, 0.3) is 32.5 Å². The molecule has 0 saturated carbocycles. The third-order valence-electron chi connectivity index (χ3n) is 5.45. The van der Waals surface area contributed by atoms with Gasteiger partial charge in [-0.15, -0.1) is 17.8 Å². The third-order valence-corrected chi connectivity index (χ3v) is 6.68. The summed E-state index contributed by atoms with van der Waals surface area (Å²) in [5.74, 6) is 5.45. The second-order valence-electron chi connectivity index (χ2n) is 8.61. The largest absolute Gasteiger partial charge is 0.342 e. The summed E-state index contributed by atoms with van der Waals surface area (Å²) in [7, 11) is 0. The van der Waals surface area contributed by atoms with Gasteiger partial charge >= 0.3 is 0 Å². The van der Waals surface area contributed by atoms with Crippen LogP contribution >= 0.6 is 11.3 Å². The Hall–Kier alpha value is -3.36. The fraction of sp³-hybridized carbons (Fsp3) is 0.259. The number of benzene rings is 1. The second-order valence-corrected chi connectivity index (χ2v) is 9.70. The number of nitrogens with zero attached hydrogens (tertiary/aromatic N) is 2. The van der Waals surface area contributed by atoms with E-state index >= 15 is 0 Å². The van der Waals surface area contributed by atoms with Crippen LogP contribution in [0.4, 0.5) is 0 Å². The van der Waals surface area contributed by atoms with E-state index in [9.17, 15) is 0 Å². The lowest BCUT2D eigenvalue weighted by Gasteiger charge is -2.00. The Kier molecular flexibility index (Phi) is 6.16. The molecule has 0 amide bonds. The molecular weight excluding hydrogens is 412 g/mol. The van der Waals surface area contributed by atoms with Gasteiger partial charge in [0.2, 0.25) is 0 Å². The highest BCUT2D eigenvalue weighted by Crippen LogP contribution is 2.33. The van der Waals surface area contributed by atoms with Crippen LogP contribution in [0.2, 0.25) is 0 Å². The summed E-state index contributed by atoms with van der Waals surface area (Å²) in [5, 5.41) is 1.24. The average Bonchev–Trinajstić information content (AvgIpc) is 3.52. The quantitative estimate of drug-likeness (QED) is 0.243. The molecule has 2 N–H and O–H groups in total. The van der Waals surface area contributed by atoms with Crippen molar-refractivity contribution < 1.29 is 0 Å². The van der Waals surface area contributed by atoms with Crippen molar-refractivity contribution in [1.82, 2.24) is 19.9 Å². The van der Waals surface area contributed by atoms with Crippen molar-refractivity contribution in [3.8, 4) is 23.6 Å². The lowest BCUT2D eigenvalue weighted by molar-refractivity contribution is 0.793. The predicted molar refractivity (Wildman–Crippen MR) is 137 cm³/mol. The van der Waals surface area contributed by atoms with Gasteiger partial charge in [0.05, 0.1) is 23.8 Å². The van der Waals surface area contributed by atoms with Gasteiger partial charge in [0.15, 0.2) is 0 Å². The average molecular weight is 441 g/mol. The third kappa shape index (κ3) is 4.46. The van der Waals surface area contributed by atoms with Gasteiger partial charge in [-0.1, -0.05) is 51.8 Å². The molecule has 32 heavy (non-hydrogen) atoms. The van der Waals surface area contributed by atoms with Crippen molar-refractivity contribution >= 4 is 32.6 Å². The van der Waals surface area contributed by atoms with Gasteiger partial charge < -0.3 is 9.97 Å². The van der Waals surface area contributed by atoms with Crippen LogP contribution in [-0.4, -0.2) is 19.9 Å². The Balaban J connectivity index is 1.61. The van der Waals surface area contributed by atoms with Crippen LogP contribution in [0.1, 0.15) is 68.7 Å². The van der Waals surface area contributed by atoms with E-state index < -0.39 is 0 Å². The second kappa shape index (κ2) is 9.02. The molecule has 0 saturated heterocycles. The topological polar surface area (TPSA) is 57.4 Å². The Morgan fingerprint density at radius 1 is 1.00 bits per heavy atom. The minimum atomic E-state index is 0.335. The highest BCUT2D eigenvalue weighted by molar-refractivity contribution is 7.20. The van der Waals surface area contributed by atoms with Gasteiger partial charge in [0.1, 0.15) is 11.6 Å². The van der Waals surface area contributed by atoms with Crippen molar-refractivity contribution in [3.63, 3.8) is 0 Å². The molecule has 4 rings (SSSR count). The molecule has 0 bridgehead atoms. The summed E-state index contributed by atoms with van der Waals surface area (Å²) in [6.07, 6.45) is 13.6. The fourth-order valence-electron chi connectivity index (χ4n) is 3.44. The lowest BCUT2D eigenvalue weighted by Crippen LogP contribution is -1.90. The molecule has 0 aliphatic heterocycles. The van der Waals surface area contributed by atoms with E-state index in [2.05, 4.69) is 90.8 Å². The first kappa shape index (κ1) is 21.9. The summed E-state index contributed by atoms with van der Waals surface area (Å²) in [6, 6.07) is 8.79. The number of aromatic amines is 2. The first-order chi connectivity index (χ1) is 15.4. The number of terminal acetylenes is 1. The molecule has 5 heteroatoms. The van der Waals surface area contributed by atoms with Crippen LogP contribution in [-0.2, 0) is 0 Å². The van der Waals surface area contributed by atoms with Crippen molar-refractivity contribution in [1.29, 1.82) is 0 Å². The number of imidazole rings is 2. The van der Waals surface area contributed by atoms with E-state index in [1.165, 1.54) is 20.5 Å². The summed E-state index contributed by atoms with van der Waals surface area (Å²) < 4.78 is 1.25. The van der Waals surface area contributed by atoms with Crippen molar-refractivity contribution in [2.24, 2.45) is 0 Å². The molecule has 0 aliphatic rings. The van der Waals surface area contributed by atoms with E-state index in [0.717, 1.165) is 34.2 Å². The minimum Gasteiger partial charge on any atom is -0.342 e. The van der Waals surface area contributed by atoms with E-state index in [1.54, 1.807) is 11.3 Å².